The summed E-state index contributed by atoms with van der Waals surface area (Å²) >= 11 is 0. The maximum absolute atomic E-state index is 11.9. The molecule has 0 aliphatic heterocycles. The number of nitrogens with zero attached hydrogens (tertiary/aromatic N) is 3. The van der Waals surface area contributed by atoms with E-state index >= 15 is 0 Å². The molecule has 0 unspecified atom stereocenters. The predicted molar refractivity (Wildman–Crippen MR) is 56.2 cm³/mol. The van der Waals surface area contributed by atoms with Crippen LogP contribution in [0.25, 0.3) is 11.2 Å². The molecular formula is C9H10N4O3. The van der Waals surface area contributed by atoms with Crippen molar-refractivity contribution in [1.29, 1.82) is 0 Å². The lowest BCUT2D eigenvalue weighted by molar-refractivity contribution is 0.125. The number of aromatic nitrogens is 4. The van der Waals surface area contributed by atoms with E-state index in [1.165, 1.54) is 11.7 Å². The normalized spacial score (nSPS) is 10.9. The zero-order valence-corrected chi connectivity index (χ0v) is 8.85. The summed E-state index contributed by atoms with van der Waals surface area (Å²) in [5.74, 6) is 0.461. The summed E-state index contributed by atoms with van der Waals surface area (Å²) in [5, 5.41) is 0. The summed E-state index contributed by atoms with van der Waals surface area (Å²) in [6, 6.07) is 0. The van der Waals surface area contributed by atoms with E-state index < -0.39 is 0 Å². The quantitative estimate of drug-likeness (QED) is 0.732. The Kier molecular flexibility index (Phi) is 2.53. The van der Waals surface area contributed by atoms with Crippen molar-refractivity contribution in [2.24, 2.45) is 0 Å². The van der Waals surface area contributed by atoms with Crippen LogP contribution in [0.15, 0.2) is 15.8 Å². The van der Waals surface area contributed by atoms with Crippen LogP contribution in [0, 0.1) is 6.92 Å². The van der Waals surface area contributed by atoms with E-state index in [1.54, 1.807) is 6.92 Å². The van der Waals surface area contributed by atoms with Gasteiger partial charge in [0.2, 0.25) is 0 Å². The molecule has 2 rings (SSSR count). The average molecular weight is 222 g/mol. The summed E-state index contributed by atoms with van der Waals surface area (Å²) < 4.78 is 6.23. The molecule has 2 heterocycles. The van der Waals surface area contributed by atoms with Crippen molar-refractivity contribution in [2.75, 3.05) is 7.11 Å². The van der Waals surface area contributed by atoms with Crippen molar-refractivity contribution in [3.05, 3.63) is 32.7 Å². The second kappa shape index (κ2) is 3.86. The maximum atomic E-state index is 11.9. The Morgan fingerprint density at radius 2 is 2.25 bits per heavy atom. The van der Waals surface area contributed by atoms with Crippen LogP contribution >= 0.6 is 0 Å². The number of methoxy groups -OCH3 is 1. The van der Waals surface area contributed by atoms with Crippen LogP contribution in [-0.2, 0) is 11.5 Å². The molecule has 0 radical (unpaired) electrons. The molecule has 0 aromatic carbocycles. The highest BCUT2D eigenvalue weighted by molar-refractivity contribution is 5.67. The number of H-pyrrole nitrogens is 1. The Morgan fingerprint density at radius 3 is 2.94 bits per heavy atom. The van der Waals surface area contributed by atoms with E-state index in [0.717, 1.165) is 6.20 Å². The van der Waals surface area contributed by atoms with Crippen molar-refractivity contribution < 1.29 is 4.74 Å². The van der Waals surface area contributed by atoms with Crippen molar-refractivity contribution in [3.63, 3.8) is 0 Å². The number of hydrogen-bond acceptors (Lipinski definition) is 5. The fraction of sp³-hybridized carbons (Fsp3) is 0.333. The number of ether oxygens (including phenoxy) is 1. The zero-order valence-electron chi connectivity index (χ0n) is 8.85. The molecule has 1 N–H and O–H groups in total. The molecule has 0 aliphatic carbocycles. The Labute approximate surface area is 89.7 Å². The number of nitrogens with one attached hydrogen (secondary N) is 1. The lowest BCUT2D eigenvalue weighted by atomic mass is 10.4. The minimum Gasteiger partial charge on any atom is -0.364 e. The summed E-state index contributed by atoms with van der Waals surface area (Å²) in [6.07, 6.45) is 1.05. The van der Waals surface area contributed by atoms with Gasteiger partial charge in [0, 0.05) is 7.11 Å². The largest absolute Gasteiger partial charge is 0.364 e. The standard InChI is InChI=1S/C9H10N4O3/c1-5-11-8-7(10-3-6(14)12-8)9(15)13(5)4-16-2/h3H,4H2,1-2H3,(H,12,14). The number of hydrogen-bond donors (Lipinski definition) is 1. The van der Waals surface area contributed by atoms with Crippen molar-refractivity contribution in [2.45, 2.75) is 13.7 Å². The van der Waals surface area contributed by atoms with Gasteiger partial charge in [0.25, 0.3) is 11.1 Å². The SMILES string of the molecule is COCn1c(C)nc2[nH]c(=O)cnc2c1=O. The first-order valence-electron chi connectivity index (χ1n) is 4.59. The topological polar surface area (TPSA) is 89.9 Å². The fourth-order valence-electron chi connectivity index (χ4n) is 1.41. The molecule has 7 heteroatoms. The molecule has 84 valence electrons. The average Bonchev–Trinajstić information content (AvgIpc) is 2.23. The first kappa shape index (κ1) is 10.5. The molecule has 0 spiro atoms. The van der Waals surface area contributed by atoms with Crippen LogP contribution in [-0.4, -0.2) is 26.6 Å². The van der Waals surface area contributed by atoms with Crippen LogP contribution < -0.4 is 11.1 Å². The van der Waals surface area contributed by atoms with E-state index in [2.05, 4.69) is 15.0 Å². The van der Waals surface area contributed by atoms with Crippen LogP contribution in [0.4, 0.5) is 0 Å². The summed E-state index contributed by atoms with van der Waals surface area (Å²) in [5.41, 5.74) is -0.395. The Hall–Kier alpha value is -2.02. The van der Waals surface area contributed by atoms with E-state index in [9.17, 15) is 9.59 Å². The third kappa shape index (κ3) is 1.61. The highest BCUT2D eigenvalue weighted by atomic mass is 16.5. The zero-order chi connectivity index (χ0) is 11.7. The van der Waals surface area contributed by atoms with Crippen LogP contribution in [0.3, 0.4) is 0 Å². The first-order chi connectivity index (χ1) is 7.63. The maximum Gasteiger partial charge on any atom is 0.283 e. The summed E-state index contributed by atoms with van der Waals surface area (Å²) in [4.78, 5) is 33.2. The van der Waals surface area contributed by atoms with Gasteiger partial charge in [-0.25, -0.2) is 9.97 Å². The monoisotopic (exact) mass is 222 g/mol. The number of fused-ring (bicyclic) bond motifs is 1. The van der Waals surface area contributed by atoms with Crippen LogP contribution in [0.2, 0.25) is 0 Å². The number of aryl methyl sites for hydroxylation is 1. The smallest absolute Gasteiger partial charge is 0.283 e. The van der Waals surface area contributed by atoms with E-state index in [1.807, 2.05) is 0 Å². The van der Waals surface area contributed by atoms with Gasteiger partial charge in [-0.15, -0.1) is 0 Å². The van der Waals surface area contributed by atoms with Gasteiger partial charge >= 0.3 is 0 Å². The van der Waals surface area contributed by atoms with Gasteiger partial charge in [-0.05, 0) is 6.92 Å². The molecule has 16 heavy (non-hydrogen) atoms. The molecule has 0 saturated carbocycles. The first-order valence-corrected chi connectivity index (χ1v) is 4.59. The molecule has 0 atom stereocenters. The van der Waals surface area contributed by atoms with Crippen molar-refractivity contribution in [1.82, 2.24) is 19.5 Å². The third-order valence-corrected chi connectivity index (χ3v) is 2.15. The minimum absolute atomic E-state index is 0.106. The molecule has 7 nitrogen and oxygen atoms in total. The molecule has 0 aliphatic rings. The van der Waals surface area contributed by atoms with Gasteiger partial charge in [-0.3, -0.25) is 14.2 Å². The van der Waals surface area contributed by atoms with Gasteiger partial charge < -0.3 is 9.72 Å². The highest BCUT2D eigenvalue weighted by Crippen LogP contribution is 1.99. The molecule has 0 bridgehead atoms. The van der Waals surface area contributed by atoms with Crippen LogP contribution in [0.1, 0.15) is 5.82 Å². The lowest BCUT2D eigenvalue weighted by Crippen LogP contribution is -2.26. The highest BCUT2D eigenvalue weighted by Gasteiger charge is 2.09. The second-order valence-corrected chi connectivity index (χ2v) is 3.25. The Bertz CT molecular complexity index is 643. The lowest BCUT2D eigenvalue weighted by Gasteiger charge is -2.07. The molecule has 0 amide bonds. The van der Waals surface area contributed by atoms with Gasteiger partial charge in [-0.1, -0.05) is 0 Å². The molecule has 0 saturated heterocycles. The summed E-state index contributed by atoms with van der Waals surface area (Å²) in [6.45, 7) is 1.76. The van der Waals surface area contributed by atoms with Gasteiger partial charge in [0.15, 0.2) is 11.2 Å². The van der Waals surface area contributed by atoms with E-state index in [-0.39, 0.29) is 29.0 Å². The van der Waals surface area contributed by atoms with E-state index in [4.69, 9.17) is 4.74 Å². The molecular weight excluding hydrogens is 212 g/mol. The third-order valence-electron chi connectivity index (χ3n) is 2.15. The molecule has 2 aromatic heterocycles. The molecule has 0 fully saturated rings. The van der Waals surface area contributed by atoms with Crippen molar-refractivity contribution in [3.8, 4) is 0 Å². The fourth-order valence-corrected chi connectivity index (χ4v) is 1.41. The van der Waals surface area contributed by atoms with Gasteiger partial charge in [0.1, 0.15) is 12.6 Å². The van der Waals surface area contributed by atoms with Gasteiger partial charge in [-0.2, -0.15) is 0 Å². The number of aromatic amines is 1. The molecule has 2 aromatic rings. The van der Waals surface area contributed by atoms with Gasteiger partial charge in [0.05, 0.1) is 6.20 Å². The predicted octanol–water partition coefficient (Wildman–Crippen LogP) is -0.608. The van der Waals surface area contributed by atoms with Crippen LogP contribution in [0.5, 0.6) is 0 Å². The minimum atomic E-state index is -0.386. The second-order valence-electron chi connectivity index (χ2n) is 3.25. The number of rotatable bonds is 2. The Morgan fingerprint density at radius 1 is 1.50 bits per heavy atom. The van der Waals surface area contributed by atoms with Crippen molar-refractivity contribution >= 4 is 11.2 Å². The van der Waals surface area contributed by atoms with E-state index in [0.29, 0.717) is 5.82 Å². The Balaban J connectivity index is 2.83. The summed E-state index contributed by atoms with van der Waals surface area (Å²) in [7, 11) is 1.48.